The molecule has 15 heavy (non-hydrogen) atoms. The molecular formula is C10H18NO3P. The van der Waals surface area contributed by atoms with Gasteiger partial charge in [-0.15, -0.1) is 0 Å². The Balaban J connectivity index is 4.87. The molecule has 0 N–H and O–H groups in total. The molecule has 0 amide bonds. The molecule has 0 radical (unpaired) electrons. The van der Waals surface area contributed by atoms with Crippen molar-refractivity contribution in [2.75, 3.05) is 13.2 Å². The maximum atomic E-state index is 12.1. The lowest BCUT2D eigenvalue weighted by molar-refractivity contribution is 0.227. The summed E-state index contributed by atoms with van der Waals surface area (Å²) in [6.07, 6.45) is 3.22. The average molecular weight is 231 g/mol. The van der Waals surface area contributed by atoms with E-state index < -0.39 is 7.60 Å². The second kappa shape index (κ2) is 7.64. The van der Waals surface area contributed by atoms with Crippen molar-refractivity contribution in [1.29, 1.82) is 5.26 Å². The summed E-state index contributed by atoms with van der Waals surface area (Å²) in [4.78, 5) is 0. The van der Waals surface area contributed by atoms with Crippen molar-refractivity contribution in [3.63, 3.8) is 0 Å². The van der Waals surface area contributed by atoms with Crippen LogP contribution in [0.3, 0.4) is 0 Å². The molecule has 0 atom stereocenters. The van der Waals surface area contributed by atoms with Crippen molar-refractivity contribution in [1.82, 2.24) is 0 Å². The van der Waals surface area contributed by atoms with Crippen LogP contribution in [0.2, 0.25) is 0 Å². The van der Waals surface area contributed by atoms with Gasteiger partial charge in [-0.25, -0.2) is 0 Å². The Kier molecular flexibility index (Phi) is 7.33. The number of hydrogen-bond acceptors (Lipinski definition) is 4. The molecule has 0 aromatic rings. The SMILES string of the molecule is CCCC=C(C#N)P(=O)(OCC)OCC. The number of hydrogen-bond donors (Lipinski definition) is 0. The van der Waals surface area contributed by atoms with Crippen LogP contribution in [-0.2, 0) is 13.6 Å². The molecule has 4 nitrogen and oxygen atoms in total. The molecule has 0 spiro atoms. The quantitative estimate of drug-likeness (QED) is 0.497. The van der Waals surface area contributed by atoms with Gasteiger partial charge in [-0.2, -0.15) is 5.26 Å². The summed E-state index contributed by atoms with van der Waals surface area (Å²) in [6.45, 7) is 5.96. The van der Waals surface area contributed by atoms with Crippen LogP contribution in [0.5, 0.6) is 0 Å². The largest absolute Gasteiger partial charge is 0.371 e. The molecular weight excluding hydrogens is 213 g/mol. The molecule has 0 aliphatic rings. The first-order valence-corrected chi connectivity index (χ1v) is 6.68. The average Bonchev–Trinajstić information content (AvgIpc) is 2.19. The van der Waals surface area contributed by atoms with Crippen molar-refractivity contribution in [2.45, 2.75) is 33.6 Å². The Hall–Kier alpha value is -0.620. The third kappa shape index (κ3) is 4.61. The number of nitriles is 1. The summed E-state index contributed by atoms with van der Waals surface area (Å²) in [5.74, 6) is 0. The van der Waals surface area contributed by atoms with E-state index in [1.807, 2.05) is 13.0 Å². The van der Waals surface area contributed by atoms with Crippen LogP contribution in [-0.4, -0.2) is 13.2 Å². The molecule has 0 fully saturated rings. The monoisotopic (exact) mass is 231 g/mol. The van der Waals surface area contributed by atoms with Crippen LogP contribution in [0.25, 0.3) is 0 Å². The van der Waals surface area contributed by atoms with E-state index in [0.717, 1.165) is 6.42 Å². The highest BCUT2D eigenvalue weighted by atomic mass is 31.2. The van der Waals surface area contributed by atoms with Gasteiger partial charge in [0.2, 0.25) is 0 Å². The minimum atomic E-state index is -3.36. The van der Waals surface area contributed by atoms with E-state index in [4.69, 9.17) is 14.3 Å². The highest BCUT2D eigenvalue weighted by Gasteiger charge is 2.29. The maximum absolute atomic E-state index is 12.1. The number of unbranched alkanes of at least 4 members (excludes halogenated alkanes) is 1. The van der Waals surface area contributed by atoms with E-state index >= 15 is 0 Å². The zero-order valence-electron chi connectivity index (χ0n) is 9.52. The molecule has 0 saturated heterocycles. The molecule has 0 heterocycles. The molecule has 0 aromatic heterocycles. The van der Waals surface area contributed by atoms with E-state index in [-0.39, 0.29) is 18.5 Å². The summed E-state index contributed by atoms with van der Waals surface area (Å²) < 4.78 is 22.2. The first-order chi connectivity index (χ1) is 7.14. The van der Waals surface area contributed by atoms with Gasteiger partial charge >= 0.3 is 7.60 Å². The smallest absolute Gasteiger partial charge is 0.305 e. The number of allylic oxidation sites excluding steroid dienone is 2. The van der Waals surface area contributed by atoms with Gasteiger partial charge in [-0.05, 0) is 20.3 Å². The lowest BCUT2D eigenvalue weighted by Crippen LogP contribution is -1.97. The molecule has 5 heteroatoms. The van der Waals surface area contributed by atoms with Crippen LogP contribution < -0.4 is 0 Å². The molecule has 0 aliphatic carbocycles. The Morgan fingerprint density at radius 1 is 1.33 bits per heavy atom. The third-order valence-electron chi connectivity index (χ3n) is 1.63. The highest BCUT2D eigenvalue weighted by molar-refractivity contribution is 7.58. The standard InChI is InChI=1S/C10H18NO3P/c1-4-7-8-10(9-11)15(12,13-5-2)14-6-3/h8H,4-7H2,1-3H3. The molecule has 0 bridgehead atoms. The predicted molar refractivity (Wildman–Crippen MR) is 59.5 cm³/mol. The van der Waals surface area contributed by atoms with Crippen molar-refractivity contribution < 1.29 is 13.6 Å². The second-order valence-electron chi connectivity index (χ2n) is 2.82. The zero-order chi connectivity index (χ0) is 11.7. The first kappa shape index (κ1) is 14.4. The Morgan fingerprint density at radius 3 is 2.20 bits per heavy atom. The van der Waals surface area contributed by atoms with Gasteiger partial charge in [0.25, 0.3) is 0 Å². The molecule has 0 rings (SSSR count). The van der Waals surface area contributed by atoms with Gasteiger partial charge in [-0.1, -0.05) is 19.4 Å². The minimum absolute atomic E-state index is 0.119. The van der Waals surface area contributed by atoms with Gasteiger partial charge in [-0.3, -0.25) is 4.57 Å². The van der Waals surface area contributed by atoms with Crippen molar-refractivity contribution in [2.24, 2.45) is 0 Å². The topological polar surface area (TPSA) is 59.3 Å². The van der Waals surface area contributed by atoms with Crippen LogP contribution >= 0.6 is 7.60 Å². The summed E-state index contributed by atoms with van der Waals surface area (Å²) in [7, 11) is -3.36. The Morgan fingerprint density at radius 2 is 1.87 bits per heavy atom. The highest BCUT2D eigenvalue weighted by Crippen LogP contribution is 2.55. The lowest BCUT2D eigenvalue weighted by Gasteiger charge is -2.15. The number of rotatable bonds is 7. The molecule has 0 aromatic carbocycles. The lowest BCUT2D eigenvalue weighted by atomic mass is 10.3. The number of nitrogens with zero attached hydrogens (tertiary/aromatic N) is 1. The van der Waals surface area contributed by atoms with Crippen LogP contribution in [0.1, 0.15) is 33.6 Å². The van der Waals surface area contributed by atoms with Gasteiger partial charge < -0.3 is 9.05 Å². The summed E-state index contributed by atoms with van der Waals surface area (Å²) in [5, 5.41) is 9.01. The van der Waals surface area contributed by atoms with Gasteiger partial charge in [0.05, 0.1) is 13.2 Å². The maximum Gasteiger partial charge on any atom is 0.371 e. The molecule has 86 valence electrons. The summed E-state index contributed by atoms with van der Waals surface area (Å²) in [6, 6.07) is 1.90. The first-order valence-electron chi connectivity index (χ1n) is 5.14. The van der Waals surface area contributed by atoms with Crippen molar-refractivity contribution >= 4 is 7.60 Å². The minimum Gasteiger partial charge on any atom is -0.305 e. The Bertz CT molecular complexity index is 284. The van der Waals surface area contributed by atoms with Crippen molar-refractivity contribution in [3.05, 3.63) is 11.4 Å². The second-order valence-corrected chi connectivity index (χ2v) is 4.82. The molecule has 0 aliphatic heterocycles. The summed E-state index contributed by atoms with van der Waals surface area (Å²) >= 11 is 0. The fourth-order valence-corrected chi connectivity index (χ4v) is 2.52. The zero-order valence-corrected chi connectivity index (χ0v) is 10.4. The summed E-state index contributed by atoms with van der Waals surface area (Å²) in [5.41, 5.74) is 0. The van der Waals surface area contributed by atoms with E-state index in [9.17, 15) is 4.57 Å². The van der Waals surface area contributed by atoms with Gasteiger partial charge in [0.1, 0.15) is 11.4 Å². The van der Waals surface area contributed by atoms with E-state index in [1.165, 1.54) is 0 Å². The van der Waals surface area contributed by atoms with E-state index in [1.54, 1.807) is 19.9 Å². The predicted octanol–water partition coefficient (Wildman–Crippen LogP) is 3.46. The van der Waals surface area contributed by atoms with Crippen molar-refractivity contribution in [3.8, 4) is 6.07 Å². The Labute approximate surface area is 91.4 Å². The van der Waals surface area contributed by atoms with Gasteiger partial charge in [0, 0.05) is 0 Å². The molecule has 0 unspecified atom stereocenters. The molecule has 0 saturated carbocycles. The van der Waals surface area contributed by atoms with Gasteiger partial charge in [0.15, 0.2) is 0 Å². The fraction of sp³-hybridized carbons (Fsp3) is 0.700. The van der Waals surface area contributed by atoms with E-state index in [0.29, 0.717) is 6.42 Å². The normalized spacial score (nSPS) is 12.5. The van der Waals surface area contributed by atoms with Crippen LogP contribution in [0, 0.1) is 11.3 Å². The van der Waals surface area contributed by atoms with Crippen LogP contribution in [0.15, 0.2) is 11.4 Å². The third-order valence-corrected chi connectivity index (χ3v) is 3.70. The van der Waals surface area contributed by atoms with Crippen LogP contribution in [0.4, 0.5) is 0 Å². The fourth-order valence-electron chi connectivity index (χ4n) is 1.02. The van der Waals surface area contributed by atoms with E-state index in [2.05, 4.69) is 0 Å².